The normalized spacial score (nSPS) is 10.7. The third-order valence-electron chi connectivity index (χ3n) is 2.92. The van der Waals surface area contributed by atoms with Gasteiger partial charge in [-0.05, 0) is 52.8 Å². The Kier molecular flexibility index (Phi) is 5.24. The summed E-state index contributed by atoms with van der Waals surface area (Å²) >= 11 is 2.20. The number of carbonyl (C=O) groups is 2. The summed E-state index contributed by atoms with van der Waals surface area (Å²) in [6, 6.07) is 14.8. The molecule has 0 atom stereocenters. The number of ketones is 1. The van der Waals surface area contributed by atoms with Crippen LogP contribution in [0.15, 0.2) is 60.7 Å². The van der Waals surface area contributed by atoms with E-state index in [2.05, 4.69) is 22.6 Å². The Morgan fingerprint density at radius 1 is 1.05 bits per heavy atom. The lowest BCUT2D eigenvalue weighted by Crippen LogP contribution is -1.95. The number of aldehydes is 1. The zero-order valence-electron chi connectivity index (χ0n) is 10.8. The van der Waals surface area contributed by atoms with Crippen LogP contribution in [-0.2, 0) is 6.42 Å². The van der Waals surface area contributed by atoms with Gasteiger partial charge in [0.1, 0.15) is 6.29 Å². The van der Waals surface area contributed by atoms with Gasteiger partial charge in [-0.2, -0.15) is 0 Å². The van der Waals surface area contributed by atoms with Crippen LogP contribution in [0, 0.1) is 3.57 Å². The molecule has 0 N–H and O–H groups in total. The number of benzene rings is 2. The number of carbonyl (C=O) groups excluding carboxylic acids is 2. The van der Waals surface area contributed by atoms with E-state index in [-0.39, 0.29) is 5.78 Å². The van der Waals surface area contributed by atoms with Gasteiger partial charge in [0.2, 0.25) is 0 Å². The Bertz CT molecular complexity index is 642. The molecule has 20 heavy (non-hydrogen) atoms. The van der Waals surface area contributed by atoms with Gasteiger partial charge in [0.15, 0.2) is 5.78 Å². The van der Waals surface area contributed by atoms with Crippen molar-refractivity contribution in [1.82, 2.24) is 0 Å². The van der Waals surface area contributed by atoms with E-state index < -0.39 is 0 Å². The van der Waals surface area contributed by atoms with E-state index in [1.807, 2.05) is 42.5 Å². The molecule has 0 aliphatic carbocycles. The summed E-state index contributed by atoms with van der Waals surface area (Å²) < 4.78 is 1.10. The topological polar surface area (TPSA) is 34.1 Å². The van der Waals surface area contributed by atoms with Gasteiger partial charge in [0.05, 0.1) is 0 Å². The van der Waals surface area contributed by atoms with E-state index in [4.69, 9.17) is 0 Å². The molecule has 0 aliphatic rings. The Balaban J connectivity index is 2.04. The van der Waals surface area contributed by atoms with Crippen LogP contribution >= 0.6 is 22.6 Å². The molecule has 0 amide bonds. The highest BCUT2D eigenvalue weighted by Gasteiger charge is 2.01. The molecule has 0 aliphatic heterocycles. The molecule has 2 aromatic rings. The van der Waals surface area contributed by atoms with E-state index in [9.17, 15) is 9.59 Å². The van der Waals surface area contributed by atoms with Crippen molar-refractivity contribution in [2.45, 2.75) is 6.42 Å². The predicted octanol–water partition coefficient (Wildman–Crippen LogP) is 4.09. The Morgan fingerprint density at radius 3 is 2.45 bits per heavy atom. The standard InChI is InChI=1S/C17H13IO2/c18-16-10-8-14(9-11-16)17(20)7-3-6-13-4-1-2-5-15(13)12-19/h1-5,7-12H,6H2/b7-3+. The highest BCUT2D eigenvalue weighted by atomic mass is 127. The second-order valence-electron chi connectivity index (χ2n) is 4.29. The van der Waals surface area contributed by atoms with Crippen LogP contribution in [0.3, 0.4) is 0 Å². The summed E-state index contributed by atoms with van der Waals surface area (Å²) in [6.45, 7) is 0. The number of allylic oxidation sites excluding steroid dienone is 2. The molecule has 0 heterocycles. The lowest BCUT2D eigenvalue weighted by Gasteiger charge is -2.00. The molecular weight excluding hydrogens is 363 g/mol. The van der Waals surface area contributed by atoms with E-state index in [0.717, 1.165) is 15.4 Å². The van der Waals surface area contributed by atoms with Crippen LogP contribution in [0.1, 0.15) is 26.3 Å². The first kappa shape index (κ1) is 14.7. The zero-order chi connectivity index (χ0) is 14.4. The van der Waals surface area contributed by atoms with Gasteiger partial charge < -0.3 is 0 Å². The highest BCUT2D eigenvalue weighted by Crippen LogP contribution is 2.10. The number of rotatable bonds is 5. The fourth-order valence-electron chi connectivity index (χ4n) is 1.84. The second-order valence-corrected chi connectivity index (χ2v) is 5.54. The molecule has 0 saturated carbocycles. The number of hydrogen-bond acceptors (Lipinski definition) is 2. The maximum absolute atomic E-state index is 11.9. The third-order valence-corrected chi connectivity index (χ3v) is 3.64. The van der Waals surface area contributed by atoms with Crippen molar-refractivity contribution in [1.29, 1.82) is 0 Å². The van der Waals surface area contributed by atoms with Gasteiger partial charge >= 0.3 is 0 Å². The average molecular weight is 376 g/mol. The van der Waals surface area contributed by atoms with Gasteiger partial charge in [0.25, 0.3) is 0 Å². The lowest BCUT2D eigenvalue weighted by atomic mass is 10.0. The minimum absolute atomic E-state index is 0.0232. The van der Waals surface area contributed by atoms with Gasteiger partial charge in [-0.1, -0.05) is 42.5 Å². The lowest BCUT2D eigenvalue weighted by molar-refractivity contribution is 0.104. The fourth-order valence-corrected chi connectivity index (χ4v) is 2.20. The molecule has 3 heteroatoms. The largest absolute Gasteiger partial charge is 0.298 e. The summed E-state index contributed by atoms with van der Waals surface area (Å²) in [5, 5.41) is 0. The van der Waals surface area contributed by atoms with E-state index in [1.54, 1.807) is 18.2 Å². The first-order valence-corrected chi connectivity index (χ1v) is 7.28. The SMILES string of the molecule is O=Cc1ccccc1C/C=C/C(=O)c1ccc(I)cc1. The molecule has 0 spiro atoms. The van der Waals surface area contributed by atoms with Crippen LogP contribution in [0.2, 0.25) is 0 Å². The minimum Gasteiger partial charge on any atom is -0.298 e. The van der Waals surface area contributed by atoms with Crippen molar-refractivity contribution in [2.75, 3.05) is 0 Å². The van der Waals surface area contributed by atoms with Gasteiger partial charge in [-0.25, -0.2) is 0 Å². The summed E-state index contributed by atoms with van der Waals surface area (Å²) in [4.78, 5) is 22.8. The Hall–Kier alpha value is -1.75. The van der Waals surface area contributed by atoms with Crippen molar-refractivity contribution in [3.8, 4) is 0 Å². The molecule has 2 rings (SSSR count). The average Bonchev–Trinajstić information content (AvgIpc) is 2.48. The molecule has 0 unspecified atom stereocenters. The summed E-state index contributed by atoms with van der Waals surface area (Å²) in [6.07, 6.45) is 4.77. The maximum atomic E-state index is 11.9. The molecular formula is C17H13IO2. The summed E-state index contributed by atoms with van der Waals surface area (Å²) in [5.74, 6) is -0.0232. The quantitative estimate of drug-likeness (QED) is 0.341. The Labute approximate surface area is 131 Å². The third kappa shape index (κ3) is 3.87. The molecule has 0 saturated heterocycles. The van der Waals surface area contributed by atoms with Gasteiger partial charge in [-0.15, -0.1) is 0 Å². The zero-order valence-corrected chi connectivity index (χ0v) is 12.9. The molecule has 2 nitrogen and oxygen atoms in total. The summed E-state index contributed by atoms with van der Waals surface area (Å²) in [5.41, 5.74) is 2.26. The first-order valence-electron chi connectivity index (χ1n) is 6.20. The van der Waals surface area contributed by atoms with Gasteiger partial charge in [-0.3, -0.25) is 9.59 Å². The molecule has 0 bridgehead atoms. The highest BCUT2D eigenvalue weighted by molar-refractivity contribution is 14.1. The molecule has 0 radical (unpaired) electrons. The van der Waals surface area contributed by atoms with Crippen LogP contribution in [-0.4, -0.2) is 12.1 Å². The number of halogens is 1. The molecule has 100 valence electrons. The molecule has 2 aromatic carbocycles. The molecule has 0 fully saturated rings. The van der Waals surface area contributed by atoms with Crippen LogP contribution < -0.4 is 0 Å². The smallest absolute Gasteiger partial charge is 0.185 e. The van der Waals surface area contributed by atoms with Gasteiger partial charge in [0, 0.05) is 14.7 Å². The van der Waals surface area contributed by atoms with Crippen molar-refractivity contribution < 1.29 is 9.59 Å². The first-order chi connectivity index (χ1) is 9.70. The van der Waals surface area contributed by atoms with E-state index in [0.29, 0.717) is 17.5 Å². The maximum Gasteiger partial charge on any atom is 0.185 e. The van der Waals surface area contributed by atoms with Crippen molar-refractivity contribution in [2.24, 2.45) is 0 Å². The van der Waals surface area contributed by atoms with E-state index in [1.165, 1.54) is 0 Å². The summed E-state index contributed by atoms with van der Waals surface area (Å²) in [7, 11) is 0. The number of hydrogen-bond donors (Lipinski definition) is 0. The van der Waals surface area contributed by atoms with Crippen molar-refractivity contribution >= 4 is 34.7 Å². The fraction of sp³-hybridized carbons (Fsp3) is 0.0588. The predicted molar refractivity (Wildman–Crippen MR) is 88.2 cm³/mol. The minimum atomic E-state index is -0.0232. The van der Waals surface area contributed by atoms with E-state index >= 15 is 0 Å². The van der Waals surface area contributed by atoms with Crippen LogP contribution in [0.4, 0.5) is 0 Å². The molecule has 0 aromatic heterocycles. The van der Waals surface area contributed by atoms with Crippen molar-refractivity contribution in [3.63, 3.8) is 0 Å². The van der Waals surface area contributed by atoms with Crippen molar-refractivity contribution in [3.05, 3.63) is 80.9 Å². The monoisotopic (exact) mass is 376 g/mol. The second kappa shape index (κ2) is 7.14. The van der Waals surface area contributed by atoms with Crippen LogP contribution in [0.5, 0.6) is 0 Å². The van der Waals surface area contributed by atoms with Crippen LogP contribution in [0.25, 0.3) is 0 Å². The Morgan fingerprint density at radius 2 is 1.75 bits per heavy atom.